The van der Waals surface area contributed by atoms with Crippen LogP contribution in [0.2, 0.25) is 0 Å². The Morgan fingerprint density at radius 2 is 1.87 bits per heavy atom. The van der Waals surface area contributed by atoms with Crippen molar-refractivity contribution in [2.24, 2.45) is 3.77 Å². The molecule has 1 aliphatic carbocycles. The van der Waals surface area contributed by atoms with E-state index in [0.717, 1.165) is 25.7 Å². The van der Waals surface area contributed by atoms with Crippen LogP contribution in [-0.2, 0) is 30.2 Å². The quantitative estimate of drug-likeness (QED) is 0.734. The van der Waals surface area contributed by atoms with Gasteiger partial charge in [0.05, 0.1) is 18.4 Å². The monoisotopic (exact) mass is 357 g/mol. The Morgan fingerprint density at radius 3 is 2.48 bits per heavy atom. The molecule has 1 aromatic carbocycles. The van der Waals surface area contributed by atoms with E-state index in [1.165, 1.54) is 13.5 Å². The van der Waals surface area contributed by atoms with Crippen molar-refractivity contribution in [1.82, 2.24) is 0 Å². The van der Waals surface area contributed by atoms with Crippen molar-refractivity contribution in [1.29, 1.82) is 0 Å². The zero-order valence-electron chi connectivity index (χ0n) is 13.3. The highest BCUT2D eigenvalue weighted by Crippen LogP contribution is 2.25. The van der Waals surface area contributed by atoms with Gasteiger partial charge in [-0.15, -0.1) is 3.77 Å². The average molecular weight is 357 g/mol. The number of sulfonamides is 1. The summed E-state index contributed by atoms with van der Waals surface area (Å²) in [6.07, 6.45) is 5.58. The molecular weight excluding hydrogens is 334 g/mol. The molecule has 2 rings (SSSR count). The van der Waals surface area contributed by atoms with E-state index in [1.807, 2.05) is 0 Å². The lowest BCUT2D eigenvalue weighted by Gasteiger charge is -2.24. The number of rotatable bonds is 6. The van der Waals surface area contributed by atoms with Gasteiger partial charge in [0, 0.05) is 11.0 Å². The molecule has 0 amide bonds. The molecule has 0 spiro atoms. The molecule has 1 aliphatic rings. The number of hydrogen-bond donors (Lipinski definition) is 0. The molecule has 1 fully saturated rings. The third-order valence-corrected chi connectivity index (χ3v) is 8.20. The third-order valence-electron chi connectivity index (χ3n) is 3.91. The van der Waals surface area contributed by atoms with Gasteiger partial charge in [0.1, 0.15) is 0 Å². The first kappa shape index (κ1) is 18.1. The molecule has 1 atom stereocenters. The van der Waals surface area contributed by atoms with Gasteiger partial charge in [-0.25, -0.2) is 0 Å². The molecular formula is C16H23NO4S2. The zero-order chi connectivity index (χ0) is 16.7. The van der Waals surface area contributed by atoms with Crippen molar-refractivity contribution in [2.45, 2.75) is 48.7 Å². The lowest BCUT2D eigenvalue weighted by Crippen LogP contribution is -2.23. The second kappa shape index (κ2) is 8.59. The molecule has 0 radical (unpaired) electrons. The second-order valence-corrected chi connectivity index (χ2v) is 9.45. The Balaban J connectivity index is 2.25. The van der Waals surface area contributed by atoms with Gasteiger partial charge in [0.15, 0.2) is 0 Å². The van der Waals surface area contributed by atoms with Crippen LogP contribution in [0.1, 0.15) is 38.5 Å². The first-order chi connectivity index (χ1) is 11.0. The number of ether oxygens (including phenoxy) is 1. The van der Waals surface area contributed by atoms with Gasteiger partial charge in [0.2, 0.25) is 0 Å². The van der Waals surface area contributed by atoms with Crippen LogP contribution >= 0.6 is 0 Å². The summed E-state index contributed by atoms with van der Waals surface area (Å²) in [4.78, 5) is 11.6. The van der Waals surface area contributed by atoms with Gasteiger partial charge in [-0.2, -0.15) is 8.42 Å². The van der Waals surface area contributed by atoms with Crippen LogP contribution in [0.15, 0.2) is 39.0 Å². The van der Waals surface area contributed by atoms with Crippen LogP contribution < -0.4 is 0 Å². The standard InChI is InChI=1S/C16H23NO4S2/c1-21-16(18)12-13-22(14-8-4-2-5-9-14)17-23(19,20)15-10-6-3-7-11-15/h3,6-7,10-11,14H,2,4-5,8-9,12-13H2,1H3. The van der Waals surface area contributed by atoms with Gasteiger partial charge in [0.25, 0.3) is 10.0 Å². The predicted molar refractivity (Wildman–Crippen MR) is 91.8 cm³/mol. The Hall–Kier alpha value is -1.21. The maximum atomic E-state index is 12.5. The third kappa shape index (κ3) is 5.42. The minimum Gasteiger partial charge on any atom is -0.469 e. The number of hydrogen-bond acceptors (Lipinski definition) is 4. The van der Waals surface area contributed by atoms with Crippen molar-refractivity contribution in [3.05, 3.63) is 30.3 Å². The highest BCUT2D eigenvalue weighted by Gasteiger charge is 2.22. The fourth-order valence-electron chi connectivity index (χ4n) is 2.65. The first-order valence-electron chi connectivity index (χ1n) is 7.82. The Morgan fingerprint density at radius 1 is 1.22 bits per heavy atom. The minimum atomic E-state index is -3.68. The molecule has 1 unspecified atom stereocenters. The van der Waals surface area contributed by atoms with Gasteiger partial charge < -0.3 is 4.74 Å². The summed E-state index contributed by atoms with van der Waals surface area (Å²) in [6, 6.07) is 8.27. The molecule has 23 heavy (non-hydrogen) atoms. The number of methoxy groups -OCH3 is 1. The normalized spacial score (nSPS) is 17.8. The largest absolute Gasteiger partial charge is 0.469 e. The zero-order valence-corrected chi connectivity index (χ0v) is 14.9. The highest BCUT2D eigenvalue weighted by molar-refractivity contribution is 8.00. The van der Waals surface area contributed by atoms with Crippen molar-refractivity contribution in [3.63, 3.8) is 0 Å². The first-order valence-corrected chi connectivity index (χ1v) is 10.7. The molecule has 0 bridgehead atoms. The molecule has 1 saturated carbocycles. The van der Waals surface area contributed by atoms with E-state index >= 15 is 0 Å². The maximum Gasteiger partial charge on any atom is 0.306 e. The highest BCUT2D eigenvalue weighted by atomic mass is 32.3. The number of benzene rings is 1. The topological polar surface area (TPSA) is 72.8 Å². The Bertz CT molecular complexity index is 650. The number of nitrogens with zero attached hydrogens (tertiary/aromatic N) is 1. The summed E-state index contributed by atoms with van der Waals surface area (Å²) in [7, 11) is -3.00. The van der Waals surface area contributed by atoms with Crippen molar-refractivity contribution < 1.29 is 17.9 Å². The van der Waals surface area contributed by atoms with Crippen LogP contribution in [0, 0.1) is 0 Å². The van der Waals surface area contributed by atoms with Crippen molar-refractivity contribution in [3.8, 4) is 0 Å². The molecule has 7 heteroatoms. The molecule has 0 N–H and O–H groups in total. The lowest BCUT2D eigenvalue weighted by atomic mass is 10.0. The van der Waals surface area contributed by atoms with E-state index < -0.39 is 20.7 Å². The SMILES string of the molecule is COC(=O)CCS(=NS(=O)(=O)c1ccccc1)C1CCCCC1. The number of esters is 1. The van der Waals surface area contributed by atoms with Crippen molar-refractivity contribution >= 4 is 26.7 Å². The van der Waals surface area contributed by atoms with E-state index in [0.29, 0.717) is 5.75 Å². The summed E-state index contributed by atoms with van der Waals surface area (Å²) >= 11 is 0. The van der Waals surface area contributed by atoms with E-state index in [-0.39, 0.29) is 22.5 Å². The Labute approximate surface area is 140 Å². The van der Waals surface area contributed by atoms with E-state index in [1.54, 1.807) is 30.3 Å². The van der Waals surface area contributed by atoms with E-state index in [2.05, 4.69) is 8.50 Å². The van der Waals surface area contributed by atoms with E-state index in [4.69, 9.17) is 0 Å². The molecule has 128 valence electrons. The molecule has 0 heterocycles. The van der Waals surface area contributed by atoms with Gasteiger partial charge in [-0.05, 0) is 25.0 Å². The second-order valence-electron chi connectivity index (χ2n) is 5.55. The number of carbonyl (C=O) groups is 1. The fourth-order valence-corrected chi connectivity index (χ4v) is 6.88. The van der Waals surface area contributed by atoms with E-state index in [9.17, 15) is 13.2 Å². The average Bonchev–Trinajstić information content (AvgIpc) is 2.59. The molecule has 0 saturated heterocycles. The lowest BCUT2D eigenvalue weighted by molar-refractivity contribution is -0.140. The Kier molecular flexibility index (Phi) is 6.77. The van der Waals surface area contributed by atoms with Crippen LogP contribution in [0.5, 0.6) is 0 Å². The smallest absolute Gasteiger partial charge is 0.306 e. The molecule has 0 aliphatic heterocycles. The minimum absolute atomic E-state index is 0.212. The fraction of sp³-hybridized carbons (Fsp3) is 0.562. The summed E-state index contributed by atoms with van der Waals surface area (Å²) in [5, 5.41) is 0.256. The van der Waals surface area contributed by atoms with Crippen LogP contribution in [0.4, 0.5) is 0 Å². The summed E-state index contributed by atoms with van der Waals surface area (Å²) in [5.74, 6) is 0.134. The van der Waals surface area contributed by atoms with Crippen LogP contribution in [0.3, 0.4) is 0 Å². The van der Waals surface area contributed by atoms with Gasteiger partial charge in [-0.3, -0.25) is 4.79 Å². The maximum absolute atomic E-state index is 12.5. The van der Waals surface area contributed by atoms with Crippen molar-refractivity contribution in [2.75, 3.05) is 12.9 Å². The summed E-state index contributed by atoms with van der Waals surface area (Å²) in [5.41, 5.74) is 0. The van der Waals surface area contributed by atoms with Crippen LogP contribution in [-0.4, -0.2) is 32.5 Å². The van der Waals surface area contributed by atoms with Gasteiger partial charge in [-0.1, -0.05) is 48.2 Å². The van der Waals surface area contributed by atoms with Gasteiger partial charge >= 0.3 is 5.97 Å². The molecule has 1 aromatic rings. The predicted octanol–water partition coefficient (Wildman–Crippen LogP) is 3.07. The molecule has 0 aromatic heterocycles. The molecule has 5 nitrogen and oxygen atoms in total. The number of carbonyl (C=O) groups excluding carboxylic acids is 1. The van der Waals surface area contributed by atoms with Crippen LogP contribution in [0.25, 0.3) is 0 Å². The summed E-state index contributed by atoms with van der Waals surface area (Å²) in [6.45, 7) is 0. The summed E-state index contributed by atoms with van der Waals surface area (Å²) < 4.78 is 33.9.